The van der Waals surface area contributed by atoms with Gasteiger partial charge in [-0.2, -0.15) is 0 Å². The summed E-state index contributed by atoms with van der Waals surface area (Å²) in [5, 5.41) is 2.25. The topological polar surface area (TPSA) is 87.4 Å². The molecular formula is C8H14N2O3P-. The molecule has 0 saturated heterocycles. The number of nitrogens with one attached hydrogen (secondary N) is 1. The highest BCUT2D eigenvalue weighted by molar-refractivity contribution is 7.53. The third kappa shape index (κ3) is 4.99. The highest BCUT2D eigenvalue weighted by Gasteiger charge is 2.03. The Morgan fingerprint density at radius 3 is 2.29 bits per heavy atom. The first-order valence-electron chi connectivity index (χ1n) is 3.92. The molecule has 0 fully saturated rings. The van der Waals surface area contributed by atoms with Gasteiger partial charge >= 0.3 is 0 Å². The van der Waals surface area contributed by atoms with E-state index >= 15 is 0 Å². The third-order valence-corrected chi connectivity index (χ3v) is 2.29. The second kappa shape index (κ2) is 6.56. The standard InChI is InChI=1S/C7H10NO3P.CH5N/c1-11-12(9,10)8-7-5-3-2-4-6-7;1-2/h2-6H,1H3,(H2,8,9,10);2H2,1H3/p-1. The number of rotatable bonds is 3. The van der Waals surface area contributed by atoms with Crippen LogP contribution in [-0.4, -0.2) is 14.2 Å². The number of benzene rings is 1. The minimum absolute atomic E-state index is 0.498. The van der Waals surface area contributed by atoms with Gasteiger partial charge in [-0.15, -0.1) is 0 Å². The molecule has 6 heteroatoms. The van der Waals surface area contributed by atoms with Crippen LogP contribution in [0.1, 0.15) is 0 Å². The van der Waals surface area contributed by atoms with Crippen LogP contribution in [0.2, 0.25) is 0 Å². The van der Waals surface area contributed by atoms with Crippen molar-refractivity contribution in [2.45, 2.75) is 0 Å². The first-order valence-corrected chi connectivity index (χ1v) is 5.46. The van der Waals surface area contributed by atoms with Gasteiger partial charge in [-0.05, 0) is 19.2 Å². The van der Waals surface area contributed by atoms with Gasteiger partial charge in [0.15, 0.2) is 0 Å². The lowest BCUT2D eigenvalue weighted by atomic mass is 10.3. The third-order valence-electron chi connectivity index (χ3n) is 1.28. The van der Waals surface area contributed by atoms with E-state index in [1.807, 2.05) is 0 Å². The summed E-state index contributed by atoms with van der Waals surface area (Å²) >= 11 is 0. The van der Waals surface area contributed by atoms with E-state index in [0.717, 1.165) is 7.11 Å². The predicted molar refractivity (Wildman–Crippen MR) is 54.8 cm³/mol. The fraction of sp³-hybridized carbons (Fsp3) is 0.250. The van der Waals surface area contributed by atoms with Crippen LogP contribution in [-0.2, 0) is 9.09 Å². The molecule has 0 radical (unpaired) electrons. The second-order valence-corrected chi connectivity index (χ2v) is 3.74. The van der Waals surface area contributed by atoms with Crippen molar-refractivity contribution in [2.24, 2.45) is 5.73 Å². The summed E-state index contributed by atoms with van der Waals surface area (Å²) in [4.78, 5) is 10.9. The highest BCUT2D eigenvalue weighted by atomic mass is 31.2. The van der Waals surface area contributed by atoms with Crippen LogP contribution in [0.3, 0.4) is 0 Å². The lowest BCUT2D eigenvalue weighted by Crippen LogP contribution is -2.10. The molecule has 0 amide bonds. The number of para-hydroxylation sites is 1. The summed E-state index contributed by atoms with van der Waals surface area (Å²) in [6, 6.07) is 8.55. The van der Waals surface area contributed by atoms with Crippen LogP contribution >= 0.6 is 7.75 Å². The molecule has 0 aromatic heterocycles. The molecule has 1 atom stereocenters. The number of anilines is 1. The Bertz CT molecular complexity index is 292. The molecule has 1 unspecified atom stereocenters. The van der Waals surface area contributed by atoms with Crippen molar-refractivity contribution in [3.63, 3.8) is 0 Å². The fourth-order valence-corrected chi connectivity index (χ4v) is 1.27. The van der Waals surface area contributed by atoms with Crippen molar-refractivity contribution in [3.05, 3.63) is 30.3 Å². The van der Waals surface area contributed by atoms with E-state index in [2.05, 4.69) is 15.3 Å². The minimum Gasteiger partial charge on any atom is -0.762 e. The largest absolute Gasteiger partial charge is 0.762 e. The van der Waals surface area contributed by atoms with Crippen LogP contribution < -0.4 is 15.7 Å². The average Bonchev–Trinajstić information content (AvgIpc) is 2.22. The van der Waals surface area contributed by atoms with Crippen molar-refractivity contribution in [2.75, 3.05) is 19.2 Å². The molecule has 0 spiro atoms. The van der Waals surface area contributed by atoms with Gasteiger partial charge in [0.1, 0.15) is 0 Å². The van der Waals surface area contributed by atoms with Crippen LogP contribution in [0.15, 0.2) is 30.3 Å². The monoisotopic (exact) mass is 217 g/mol. The molecule has 0 aliphatic heterocycles. The predicted octanol–water partition coefficient (Wildman–Crippen LogP) is 0.788. The van der Waals surface area contributed by atoms with E-state index in [1.165, 1.54) is 7.05 Å². The Kier molecular flexibility index (Phi) is 6.16. The average molecular weight is 217 g/mol. The van der Waals surface area contributed by atoms with Gasteiger partial charge in [0.2, 0.25) is 7.75 Å². The summed E-state index contributed by atoms with van der Waals surface area (Å²) in [5.41, 5.74) is 5.00. The quantitative estimate of drug-likeness (QED) is 0.731. The SMILES string of the molecule is CN.COP(=O)([O-])Nc1ccccc1. The van der Waals surface area contributed by atoms with Crippen molar-refractivity contribution in [3.8, 4) is 0 Å². The zero-order chi connectivity index (χ0) is 11.0. The van der Waals surface area contributed by atoms with Gasteiger partial charge in [0.25, 0.3) is 0 Å². The normalized spacial score (nSPS) is 13.4. The maximum absolute atomic E-state index is 10.9. The van der Waals surface area contributed by atoms with E-state index in [-0.39, 0.29) is 0 Å². The molecule has 80 valence electrons. The molecule has 0 aliphatic rings. The van der Waals surface area contributed by atoms with E-state index in [1.54, 1.807) is 30.3 Å². The molecule has 1 aromatic carbocycles. The molecule has 0 saturated carbocycles. The van der Waals surface area contributed by atoms with Gasteiger partial charge in [-0.3, -0.25) is 4.57 Å². The van der Waals surface area contributed by atoms with Crippen LogP contribution in [0.25, 0.3) is 0 Å². The van der Waals surface area contributed by atoms with E-state index < -0.39 is 7.75 Å². The van der Waals surface area contributed by atoms with Gasteiger partial charge < -0.3 is 20.2 Å². The van der Waals surface area contributed by atoms with E-state index in [0.29, 0.717) is 5.69 Å². The van der Waals surface area contributed by atoms with E-state index in [4.69, 9.17) is 0 Å². The van der Waals surface area contributed by atoms with Crippen LogP contribution in [0.5, 0.6) is 0 Å². The smallest absolute Gasteiger partial charge is 0.229 e. The fourth-order valence-electron chi connectivity index (χ4n) is 0.716. The number of hydrogen-bond acceptors (Lipinski definition) is 4. The second-order valence-electron chi connectivity index (χ2n) is 2.16. The molecule has 14 heavy (non-hydrogen) atoms. The summed E-state index contributed by atoms with van der Waals surface area (Å²) in [6.07, 6.45) is 0. The molecule has 1 rings (SSSR count). The lowest BCUT2D eigenvalue weighted by molar-refractivity contribution is -0.194. The summed E-state index contributed by atoms with van der Waals surface area (Å²) in [5.74, 6) is 0. The molecule has 0 bridgehead atoms. The first kappa shape index (κ1) is 13.1. The Labute approximate surface area is 83.5 Å². The van der Waals surface area contributed by atoms with Crippen LogP contribution in [0, 0.1) is 0 Å². The molecular weight excluding hydrogens is 203 g/mol. The lowest BCUT2D eigenvalue weighted by Gasteiger charge is -2.22. The zero-order valence-corrected chi connectivity index (χ0v) is 9.03. The van der Waals surface area contributed by atoms with Crippen molar-refractivity contribution in [1.82, 2.24) is 0 Å². The van der Waals surface area contributed by atoms with Crippen molar-refractivity contribution in [1.29, 1.82) is 0 Å². The first-order chi connectivity index (χ1) is 6.64. The summed E-state index contributed by atoms with van der Waals surface area (Å²) in [7, 11) is -1.28. The van der Waals surface area contributed by atoms with Crippen LogP contribution in [0.4, 0.5) is 5.69 Å². The molecule has 0 heterocycles. The Hall–Kier alpha value is -0.870. The maximum atomic E-state index is 10.9. The Morgan fingerprint density at radius 1 is 1.36 bits per heavy atom. The number of hydrogen-bond donors (Lipinski definition) is 2. The van der Waals surface area contributed by atoms with Crippen molar-refractivity contribution < 1.29 is 14.0 Å². The van der Waals surface area contributed by atoms with Gasteiger partial charge in [0, 0.05) is 12.8 Å². The maximum Gasteiger partial charge on any atom is 0.229 e. The Morgan fingerprint density at radius 2 is 1.86 bits per heavy atom. The molecule has 0 aliphatic carbocycles. The van der Waals surface area contributed by atoms with Gasteiger partial charge in [-0.1, -0.05) is 18.2 Å². The van der Waals surface area contributed by atoms with Gasteiger partial charge in [-0.25, -0.2) is 0 Å². The van der Waals surface area contributed by atoms with Gasteiger partial charge in [0.05, 0.1) is 0 Å². The molecule has 1 aromatic rings. The molecule has 5 nitrogen and oxygen atoms in total. The molecule has 3 N–H and O–H groups in total. The number of nitrogens with two attached hydrogens (primary N) is 1. The summed E-state index contributed by atoms with van der Waals surface area (Å²) < 4.78 is 15.1. The van der Waals surface area contributed by atoms with Crippen molar-refractivity contribution >= 4 is 13.4 Å². The minimum atomic E-state index is -3.90. The van der Waals surface area contributed by atoms with E-state index in [9.17, 15) is 9.46 Å². The highest BCUT2D eigenvalue weighted by Crippen LogP contribution is 2.35. The Balaban J connectivity index is 0.000000791. The summed E-state index contributed by atoms with van der Waals surface area (Å²) in [6.45, 7) is 0. The zero-order valence-electron chi connectivity index (χ0n) is 8.14.